The third-order valence-electron chi connectivity index (χ3n) is 3.49. The van der Waals surface area contributed by atoms with Crippen LogP contribution in [-0.4, -0.2) is 60.6 Å². The highest BCUT2D eigenvalue weighted by Gasteiger charge is 2.16. The number of aliphatic carboxylic acids is 1. The first-order valence-corrected chi connectivity index (χ1v) is 7.13. The highest BCUT2D eigenvalue weighted by Crippen LogP contribution is 2.10. The van der Waals surface area contributed by atoms with Gasteiger partial charge in [-0.05, 0) is 39.4 Å². The highest BCUT2D eigenvalue weighted by molar-refractivity contribution is 5.69. The van der Waals surface area contributed by atoms with Crippen molar-refractivity contribution in [3.8, 4) is 0 Å². The van der Waals surface area contributed by atoms with Gasteiger partial charge < -0.3 is 10.0 Å². The maximum Gasteiger partial charge on any atom is 0.317 e. The molecule has 0 saturated carbocycles. The first-order chi connectivity index (χ1) is 9.49. The Labute approximate surface area is 122 Å². The van der Waals surface area contributed by atoms with Crippen molar-refractivity contribution in [1.82, 2.24) is 9.80 Å². The molecule has 0 fully saturated rings. The Kier molecular flexibility index (Phi) is 7.26. The van der Waals surface area contributed by atoms with Crippen molar-refractivity contribution in [2.75, 3.05) is 33.7 Å². The van der Waals surface area contributed by atoms with Gasteiger partial charge in [-0.2, -0.15) is 0 Å². The van der Waals surface area contributed by atoms with Crippen LogP contribution in [0.15, 0.2) is 30.3 Å². The monoisotopic (exact) mass is 278 g/mol. The molecule has 0 spiro atoms. The van der Waals surface area contributed by atoms with E-state index in [1.165, 1.54) is 5.56 Å². The van der Waals surface area contributed by atoms with Crippen LogP contribution in [0.4, 0.5) is 0 Å². The molecule has 112 valence electrons. The number of carboxylic acid groups (broad SMARTS) is 1. The van der Waals surface area contributed by atoms with Gasteiger partial charge in [0.25, 0.3) is 0 Å². The van der Waals surface area contributed by atoms with E-state index in [1.54, 1.807) is 0 Å². The summed E-state index contributed by atoms with van der Waals surface area (Å²) >= 11 is 0. The van der Waals surface area contributed by atoms with Gasteiger partial charge in [-0.1, -0.05) is 30.3 Å². The minimum atomic E-state index is -0.754. The van der Waals surface area contributed by atoms with E-state index in [9.17, 15) is 4.79 Å². The number of rotatable bonds is 9. The summed E-state index contributed by atoms with van der Waals surface area (Å²) in [5, 5.41) is 9.03. The lowest BCUT2D eigenvalue weighted by atomic mass is 10.1. The number of hydrogen-bond acceptors (Lipinski definition) is 3. The predicted octanol–water partition coefficient (Wildman–Crippen LogP) is 1.96. The topological polar surface area (TPSA) is 43.8 Å². The molecular weight excluding hydrogens is 252 g/mol. The fourth-order valence-electron chi connectivity index (χ4n) is 2.16. The Hall–Kier alpha value is -1.39. The second-order valence-corrected chi connectivity index (χ2v) is 5.54. The lowest BCUT2D eigenvalue weighted by molar-refractivity contribution is -0.138. The molecule has 1 atom stereocenters. The number of nitrogens with zero attached hydrogens (tertiary/aromatic N) is 2. The third-order valence-corrected chi connectivity index (χ3v) is 3.49. The van der Waals surface area contributed by atoms with Crippen LogP contribution in [-0.2, 0) is 11.2 Å². The van der Waals surface area contributed by atoms with Gasteiger partial charge in [-0.25, -0.2) is 0 Å². The van der Waals surface area contributed by atoms with Crippen molar-refractivity contribution < 1.29 is 9.90 Å². The molecule has 0 saturated heterocycles. The maximum atomic E-state index is 11.0. The van der Waals surface area contributed by atoms with Crippen LogP contribution in [0.25, 0.3) is 0 Å². The smallest absolute Gasteiger partial charge is 0.317 e. The van der Waals surface area contributed by atoms with Crippen molar-refractivity contribution >= 4 is 5.97 Å². The van der Waals surface area contributed by atoms with Gasteiger partial charge in [0, 0.05) is 19.1 Å². The molecular formula is C16H26N2O2. The minimum Gasteiger partial charge on any atom is -0.480 e. The molecule has 0 aliphatic carbocycles. The Balaban J connectivity index is 2.49. The number of hydrogen-bond donors (Lipinski definition) is 1. The van der Waals surface area contributed by atoms with Crippen LogP contribution in [0.1, 0.15) is 18.9 Å². The van der Waals surface area contributed by atoms with Crippen molar-refractivity contribution in [2.24, 2.45) is 0 Å². The Morgan fingerprint density at radius 3 is 2.40 bits per heavy atom. The fraction of sp³-hybridized carbons (Fsp3) is 0.562. The van der Waals surface area contributed by atoms with Gasteiger partial charge in [0.05, 0.1) is 6.54 Å². The number of carbonyl (C=O) groups is 1. The van der Waals surface area contributed by atoms with Gasteiger partial charge in [-0.3, -0.25) is 9.69 Å². The second-order valence-electron chi connectivity index (χ2n) is 5.54. The van der Waals surface area contributed by atoms with Crippen molar-refractivity contribution in [3.63, 3.8) is 0 Å². The van der Waals surface area contributed by atoms with Crippen molar-refractivity contribution in [2.45, 2.75) is 25.8 Å². The van der Waals surface area contributed by atoms with Gasteiger partial charge >= 0.3 is 5.97 Å². The zero-order valence-corrected chi connectivity index (χ0v) is 12.7. The molecule has 1 aromatic rings. The average molecular weight is 278 g/mol. The molecule has 4 heteroatoms. The van der Waals surface area contributed by atoms with Crippen LogP contribution in [0.2, 0.25) is 0 Å². The summed E-state index contributed by atoms with van der Waals surface area (Å²) in [6.45, 7) is 3.89. The molecule has 0 bridgehead atoms. The Morgan fingerprint density at radius 2 is 1.85 bits per heavy atom. The molecule has 1 aromatic carbocycles. The summed E-state index contributed by atoms with van der Waals surface area (Å²) in [5.74, 6) is -0.754. The summed E-state index contributed by atoms with van der Waals surface area (Å²) in [6.07, 6.45) is 1.96. The zero-order valence-electron chi connectivity index (χ0n) is 12.7. The summed E-state index contributed by atoms with van der Waals surface area (Å²) < 4.78 is 0. The molecule has 20 heavy (non-hydrogen) atoms. The van der Waals surface area contributed by atoms with Gasteiger partial charge in [0.15, 0.2) is 0 Å². The van der Waals surface area contributed by atoms with Gasteiger partial charge in [0.1, 0.15) is 0 Å². The molecule has 0 heterocycles. The SMILES string of the molecule is CC(CCc1ccccc1)N(CCN(C)C)CC(=O)O. The molecule has 0 aromatic heterocycles. The fourth-order valence-corrected chi connectivity index (χ4v) is 2.16. The highest BCUT2D eigenvalue weighted by atomic mass is 16.4. The van der Waals surface area contributed by atoms with E-state index in [-0.39, 0.29) is 12.6 Å². The zero-order chi connectivity index (χ0) is 15.0. The number of likely N-dealkylation sites (N-methyl/N-ethyl adjacent to an activating group) is 1. The lowest BCUT2D eigenvalue weighted by Crippen LogP contribution is -2.41. The summed E-state index contributed by atoms with van der Waals surface area (Å²) in [6, 6.07) is 10.6. The number of carboxylic acids is 1. The second kappa shape index (κ2) is 8.72. The van der Waals surface area contributed by atoms with E-state index in [0.717, 1.165) is 25.9 Å². The van der Waals surface area contributed by atoms with Crippen molar-refractivity contribution in [3.05, 3.63) is 35.9 Å². The van der Waals surface area contributed by atoms with Crippen LogP contribution >= 0.6 is 0 Å². The summed E-state index contributed by atoms with van der Waals surface area (Å²) in [7, 11) is 4.02. The quantitative estimate of drug-likeness (QED) is 0.750. The van der Waals surface area contributed by atoms with E-state index in [1.807, 2.05) is 37.2 Å². The van der Waals surface area contributed by atoms with E-state index < -0.39 is 5.97 Å². The van der Waals surface area contributed by atoms with E-state index in [2.05, 4.69) is 24.0 Å². The minimum absolute atomic E-state index is 0.115. The molecule has 0 aliphatic heterocycles. The first kappa shape index (κ1) is 16.7. The van der Waals surface area contributed by atoms with Crippen LogP contribution in [0.5, 0.6) is 0 Å². The van der Waals surface area contributed by atoms with Crippen LogP contribution in [0.3, 0.4) is 0 Å². The third kappa shape index (κ3) is 6.68. The lowest BCUT2D eigenvalue weighted by Gasteiger charge is -2.28. The normalized spacial score (nSPS) is 12.8. The molecule has 1 unspecified atom stereocenters. The Bertz CT molecular complexity index is 393. The van der Waals surface area contributed by atoms with Gasteiger partial charge in [-0.15, -0.1) is 0 Å². The summed E-state index contributed by atoms with van der Waals surface area (Å²) in [4.78, 5) is 15.1. The molecule has 1 N–H and O–H groups in total. The number of aryl methyl sites for hydroxylation is 1. The molecule has 0 aliphatic rings. The summed E-state index contributed by atoms with van der Waals surface area (Å²) in [5.41, 5.74) is 1.31. The van der Waals surface area contributed by atoms with Crippen LogP contribution in [0, 0.1) is 0 Å². The predicted molar refractivity (Wildman–Crippen MR) is 82.0 cm³/mol. The average Bonchev–Trinajstić information content (AvgIpc) is 2.41. The van der Waals surface area contributed by atoms with E-state index in [0.29, 0.717) is 0 Å². The van der Waals surface area contributed by atoms with Crippen molar-refractivity contribution in [1.29, 1.82) is 0 Å². The first-order valence-electron chi connectivity index (χ1n) is 7.13. The van der Waals surface area contributed by atoms with E-state index in [4.69, 9.17) is 5.11 Å². The number of benzene rings is 1. The Morgan fingerprint density at radius 1 is 1.20 bits per heavy atom. The maximum absolute atomic E-state index is 11.0. The molecule has 0 radical (unpaired) electrons. The van der Waals surface area contributed by atoms with Crippen LogP contribution < -0.4 is 0 Å². The molecule has 4 nitrogen and oxygen atoms in total. The molecule has 1 rings (SSSR count). The largest absolute Gasteiger partial charge is 0.480 e. The molecule has 0 amide bonds. The van der Waals surface area contributed by atoms with Gasteiger partial charge in [0.2, 0.25) is 0 Å². The van der Waals surface area contributed by atoms with E-state index >= 15 is 0 Å². The standard InChI is InChI=1S/C16H26N2O2/c1-14(9-10-15-7-5-4-6-8-15)18(13-16(19)20)12-11-17(2)3/h4-8,14H,9-13H2,1-3H3,(H,19,20).